The van der Waals surface area contributed by atoms with Gasteiger partial charge in [0.15, 0.2) is 0 Å². The van der Waals surface area contributed by atoms with Crippen LogP contribution in [0.2, 0.25) is 0 Å². The van der Waals surface area contributed by atoms with E-state index >= 15 is 0 Å². The number of rotatable bonds is 5. The number of urea groups is 1. The monoisotopic (exact) mass is 358 g/mol. The molecule has 0 radical (unpaired) electrons. The van der Waals surface area contributed by atoms with E-state index in [1.165, 1.54) is 0 Å². The van der Waals surface area contributed by atoms with Gasteiger partial charge in [-0.3, -0.25) is 4.79 Å². The van der Waals surface area contributed by atoms with Crippen molar-refractivity contribution in [3.63, 3.8) is 0 Å². The molecular weight excluding hydrogens is 328 g/mol. The third-order valence-corrected chi connectivity index (χ3v) is 5.14. The molecule has 0 bridgehead atoms. The fourth-order valence-corrected chi connectivity index (χ4v) is 3.86. The Kier molecular flexibility index (Phi) is 6.14. The first kappa shape index (κ1) is 18.7. The van der Waals surface area contributed by atoms with Crippen LogP contribution in [0.5, 0.6) is 0 Å². The van der Waals surface area contributed by atoms with Gasteiger partial charge in [-0.25, -0.2) is 4.79 Å². The van der Waals surface area contributed by atoms with Crippen LogP contribution in [0.15, 0.2) is 30.3 Å². The van der Waals surface area contributed by atoms with Gasteiger partial charge in [0.25, 0.3) is 0 Å². The van der Waals surface area contributed by atoms with Crippen LogP contribution < -0.4 is 10.6 Å². The molecule has 2 aliphatic heterocycles. The van der Waals surface area contributed by atoms with E-state index in [9.17, 15) is 9.59 Å². The van der Waals surface area contributed by atoms with Crippen molar-refractivity contribution in [2.45, 2.75) is 51.2 Å². The van der Waals surface area contributed by atoms with Crippen molar-refractivity contribution in [1.29, 1.82) is 0 Å². The second-order valence-electron chi connectivity index (χ2n) is 7.62. The summed E-state index contributed by atoms with van der Waals surface area (Å²) in [6, 6.07) is 10.6. The van der Waals surface area contributed by atoms with E-state index < -0.39 is 0 Å². The van der Waals surface area contributed by atoms with Gasteiger partial charge in [0.05, 0.1) is 6.04 Å². The zero-order valence-electron chi connectivity index (χ0n) is 15.8. The van der Waals surface area contributed by atoms with E-state index in [0.29, 0.717) is 18.6 Å². The Morgan fingerprint density at radius 3 is 2.69 bits per heavy atom. The van der Waals surface area contributed by atoms with Crippen LogP contribution in [-0.2, 0) is 4.79 Å². The van der Waals surface area contributed by atoms with Crippen LogP contribution >= 0.6 is 0 Å². The fourth-order valence-electron chi connectivity index (χ4n) is 3.86. The van der Waals surface area contributed by atoms with Crippen molar-refractivity contribution >= 4 is 11.9 Å². The van der Waals surface area contributed by atoms with E-state index in [4.69, 9.17) is 0 Å². The summed E-state index contributed by atoms with van der Waals surface area (Å²) in [5, 5.41) is 6.55. The molecule has 2 heterocycles. The molecule has 1 aromatic carbocycles. The maximum atomic E-state index is 12.7. The molecule has 0 spiro atoms. The largest absolute Gasteiger partial charge is 0.340 e. The number of nitrogens with one attached hydrogen (secondary N) is 2. The molecule has 6 heteroatoms. The Hall–Kier alpha value is -2.08. The Bertz CT molecular complexity index is 619. The Labute approximate surface area is 155 Å². The van der Waals surface area contributed by atoms with Crippen LogP contribution in [0.25, 0.3) is 0 Å². The predicted molar refractivity (Wildman–Crippen MR) is 102 cm³/mol. The van der Waals surface area contributed by atoms with Gasteiger partial charge < -0.3 is 20.4 Å². The summed E-state index contributed by atoms with van der Waals surface area (Å²) in [6.45, 7) is 6.56. The molecule has 26 heavy (non-hydrogen) atoms. The number of piperidine rings is 1. The summed E-state index contributed by atoms with van der Waals surface area (Å²) >= 11 is 0. The Balaban J connectivity index is 1.51. The Morgan fingerprint density at radius 2 is 2.00 bits per heavy atom. The molecule has 2 atom stereocenters. The third-order valence-electron chi connectivity index (χ3n) is 5.14. The van der Waals surface area contributed by atoms with Crippen LogP contribution in [-0.4, -0.2) is 60.0 Å². The summed E-state index contributed by atoms with van der Waals surface area (Å²) < 4.78 is 0. The second kappa shape index (κ2) is 8.54. The number of hydrogen-bond acceptors (Lipinski definition) is 3. The summed E-state index contributed by atoms with van der Waals surface area (Å²) in [6.07, 6.45) is 2.93. The number of amides is 3. The molecule has 0 aliphatic carbocycles. The van der Waals surface area contributed by atoms with Crippen LogP contribution in [0.4, 0.5) is 4.79 Å². The number of nitrogens with zero attached hydrogens (tertiary/aromatic N) is 2. The first-order valence-electron chi connectivity index (χ1n) is 9.67. The van der Waals surface area contributed by atoms with Gasteiger partial charge in [0.2, 0.25) is 5.91 Å². The van der Waals surface area contributed by atoms with Gasteiger partial charge >= 0.3 is 6.03 Å². The molecule has 142 valence electrons. The lowest BCUT2D eigenvalue weighted by Gasteiger charge is -2.37. The van der Waals surface area contributed by atoms with Crippen molar-refractivity contribution < 1.29 is 9.59 Å². The SMILES string of the molecule is CC(C)NC1CCCN(C(=O)CN2CCC(c3ccccc3)NC2=O)C1. The quantitative estimate of drug-likeness (QED) is 0.847. The van der Waals surface area contributed by atoms with Crippen LogP contribution in [0, 0.1) is 0 Å². The molecule has 2 unspecified atom stereocenters. The molecule has 2 N–H and O–H groups in total. The van der Waals surface area contributed by atoms with Gasteiger partial charge in [-0.15, -0.1) is 0 Å². The summed E-state index contributed by atoms with van der Waals surface area (Å²) in [4.78, 5) is 28.7. The molecule has 0 aromatic heterocycles. The number of carbonyl (C=O) groups excluding carboxylic acids is 2. The van der Waals surface area contributed by atoms with Crippen LogP contribution in [0.1, 0.15) is 44.7 Å². The molecule has 3 amide bonds. The first-order valence-corrected chi connectivity index (χ1v) is 9.67. The predicted octanol–water partition coefficient (Wildman–Crippen LogP) is 2.13. The lowest BCUT2D eigenvalue weighted by Crippen LogP contribution is -2.55. The molecule has 2 aliphatic rings. The van der Waals surface area contributed by atoms with Gasteiger partial charge in [-0.05, 0) is 24.8 Å². The van der Waals surface area contributed by atoms with Crippen molar-refractivity contribution in [2.75, 3.05) is 26.2 Å². The van der Waals surface area contributed by atoms with E-state index in [-0.39, 0.29) is 24.5 Å². The Morgan fingerprint density at radius 1 is 1.23 bits per heavy atom. The number of hydrogen-bond donors (Lipinski definition) is 2. The molecule has 0 saturated carbocycles. The molecule has 2 saturated heterocycles. The molecule has 1 aromatic rings. The second-order valence-corrected chi connectivity index (χ2v) is 7.62. The average Bonchev–Trinajstić information content (AvgIpc) is 2.63. The highest BCUT2D eigenvalue weighted by atomic mass is 16.2. The smallest absolute Gasteiger partial charge is 0.318 e. The third kappa shape index (κ3) is 4.75. The summed E-state index contributed by atoms with van der Waals surface area (Å²) in [5.74, 6) is 0.0496. The molecular formula is C20H30N4O2. The summed E-state index contributed by atoms with van der Waals surface area (Å²) in [7, 11) is 0. The normalized spacial score (nSPS) is 23.9. The molecule has 2 fully saturated rings. The first-order chi connectivity index (χ1) is 12.5. The van der Waals surface area contributed by atoms with Gasteiger partial charge in [-0.2, -0.15) is 0 Å². The van der Waals surface area contributed by atoms with E-state index in [1.807, 2.05) is 35.2 Å². The van der Waals surface area contributed by atoms with E-state index in [0.717, 1.165) is 37.9 Å². The van der Waals surface area contributed by atoms with Crippen molar-refractivity contribution in [3.05, 3.63) is 35.9 Å². The lowest BCUT2D eigenvalue weighted by atomic mass is 10.0. The number of carbonyl (C=O) groups is 2. The summed E-state index contributed by atoms with van der Waals surface area (Å²) in [5.41, 5.74) is 1.12. The van der Waals surface area contributed by atoms with E-state index in [2.05, 4.69) is 24.5 Å². The van der Waals surface area contributed by atoms with Gasteiger partial charge in [-0.1, -0.05) is 44.2 Å². The highest BCUT2D eigenvalue weighted by Gasteiger charge is 2.30. The molecule has 3 rings (SSSR count). The van der Waals surface area contributed by atoms with Gasteiger partial charge in [0.1, 0.15) is 6.54 Å². The minimum atomic E-state index is -0.146. The minimum Gasteiger partial charge on any atom is -0.340 e. The zero-order chi connectivity index (χ0) is 18.5. The topological polar surface area (TPSA) is 64.7 Å². The number of likely N-dealkylation sites (tertiary alicyclic amines) is 1. The highest BCUT2D eigenvalue weighted by molar-refractivity contribution is 5.84. The van der Waals surface area contributed by atoms with Gasteiger partial charge in [0, 0.05) is 31.7 Å². The minimum absolute atomic E-state index is 0.0321. The maximum absolute atomic E-state index is 12.7. The maximum Gasteiger partial charge on any atom is 0.318 e. The van der Waals surface area contributed by atoms with E-state index in [1.54, 1.807) is 4.90 Å². The molecule has 6 nitrogen and oxygen atoms in total. The zero-order valence-corrected chi connectivity index (χ0v) is 15.8. The lowest BCUT2D eigenvalue weighted by molar-refractivity contribution is -0.133. The standard InChI is InChI=1S/C20H30N4O2/c1-15(2)21-17-9-6-11-23(13-17)19(25)14-24-12-10-18(22-20(24)26)16-7-4-3-5-8-16/h3-5,7-8,15,17-18,21H,6,9-14H2,1-2H3,(H,22,26). The van der Waals surface area contributed by atoms with Crippen molar-refractivity contribution in [1.82, 2.24) is 20.4 Å². The number of benzene rings is 1. The van der Waals surface area contributed by atoms with Crippen LogP contribution in [0.3, 0.4) is 0 Å². The van der Waals surface area contributed by atoms with Crippen molar-refractivity contribution in [2.24, 2.45) is 0 Å². The van der Waals surface area contributed by atoms with Crippen molar-refractivity contribution in [3.8, 4) is 0 Å². The average molecular weight is 358 g/mol. The fraction of sp³-hybridized carbons (Fsp3) is 0.600. The highest BCUT2D eigenvalue weighted by Crippen LogP contribution is 2.21.